The Morgan fingerprint density at radius 3 is 2.93 bits per heavy atom. The molecule has 0 aromatic carbocycles. The minimum Gasteiger partial charge on any atom is -0.397 e. The highest BCUT2D eigenvalue weighted by molar-refractivity contribution is 9.10. The van der Waals surface area contributed by atoms with Gasteiger partial charge in [0.2, 0.25) is 0 Å². The summed E-state index contributed by atoms with van der Waals surface area (Å²) in [5, 5.41) is 0.848. The minimum absolute atomic E-state index is 0.639. The number of rotatable bonds is 2. The maximum atomic E-state index is 5.60. The molecule has 0 radical (unpaired) electrons. The smallest absolute Gasteiger partial charge is 0.176 e. The lowest BCUT2D eigenvalue weighted by Gasteiger charge is -2.00. The lowest BCUT2D eigenvalue weighted by atomic mass is 10.4. The third-order valence-corrected chi connectivity index (χ3v) is 4.25. The van der Waals surface area contributed by atoms with Crippen LogP contribution in [-0.2, 0) is 0 Å². The summed E-state index contributed by atoms with van der Waals surface area (Å²) >= 11 is 6.25. The molecule has 0 fully saturated rings. The van der Waals surface area contributed by atoms with E-state index in [1.165, 1.54) is 23.3 Å². The molecular weight excluding hydrogens is 296 g/mol. The van der Waals surface area contributed by atoms with E-state index in [4.69, 9.17) is 5.73 Å². The van der Waals surface area contributed by atoms with Gasteiger partial charge in [-0.25, -0.2) is 9.97 Å². The number of hydrogen-bond acceptors (Lipinski definition) is 6. The first-order valence-corrected chi connectivity index (χ1v) is 6.42. The van der Waals surface area contributed by atoms with Crippen molar-refractivity contribution in [2.45, 2.75) is 16.3 Å². The molecule has 2 aromatic heterocycles. The molecule has 0 spiro atoms. The van der Waals surface area contributed by atoms with Crippen LogP contribution in [0.3, 0.4) is 0 Å². The number of anilines is 1. The molecule has 0 unspecified atom stereocenters. The van der Waals surface area contributed by atoms with Crippen molar-refractivity contribution in [3.8, 4) is 0 Å². The van der Waals surface area contributed by atoms with Gasteiger partial charge in [-0.3, -0.25) is 0 Å². The molecule has 2 heterocycles. The summed E-state index contributed by atoms with van der Waals surface area (Å²) in [6.07, 6.45) is 1.63. The fraction of sp³-hybridized carbons (Fsp3) is 0.125. The molecule has 7 heteroatoms. The van der Waals surface area contributed by atoms with E-state index >= 15 is 0 Å². The van der Waals surface area contributed by atoms with Crippen LogP contribution in [0.5, 0.6) is 0 Å². The number of aromatic nitrogens is 3. The molecule has 0 saturated carbocycles. The van der Waals surface area contributed by atoms with E-state index in [0.29, 0.717) is 5.69 Å². The Morgan fingerprint density at radius 1 is 1.53 bits per heavy atom. The Hall–Kier alpha value is -0.660. The van der Waals surface area contributed by atoms with Gasteiger partial charge in [-0.2, -0.15) is 4.37 Å². The van der Waals surface area contributed by atoms with Crippen molar-refractivity contribution in [3.63, 3.8) is 0 Å². The molecule has 2 N–H and O–H groups in total. The third-order valence-electron chi connectivity index (χ3n) is 1.52. The summed E-state index contributed by atoms with van der Waals surface area (Å²) in [5.41, 5.74) is 6.24. The Morgan fingerprint density at radius 2 is 2.33 bits per heavy atom. The quantitative estimate of drug-likeness (QED) is 0.924. The lowest BCUT2D eigenvalue weighted by molar-refractivity contribution is 1.08. The molecular formula is C8H7BrN4S2. The first-order chi connectivity index (χ1) is 7.15. The summed E-state index contributed by atoms with van der Waals surface area (Å²) in [5.74, 6) is 0.786. The summed E-state index contributed by atoms with van der Waals surface area (Å²) in [4.78, 5) is 8.46. The van der Waals surface area contributed by atoms with Gasteiger partial charge in [0, 0.05) is 0 Å². The number of pyridine rings is 1. The average Bonchev–Trinajstić information content (AvgIpc) is 2.56. The number of nitrogens with two attached hydrogens (primary N) is 1. The van der Waals surface area contributed by atoms with Gasteiger partial charge in [-0.05, 0) is 52.2 Å². The van der Waals surface area contributed by atoms with E-state index in [1.807, 2.05) is 13.0 Å². The second-order valence-corrected chi connectivity index (χ2v) is 5.61. The predicted molar refractivity (Wildman–Crippen MR) is 65.1 cm³/mol. The highest BCUT2D eigenvalue weighted by Crippen LogP contribution is 2.33. The van der Waals surface area contributed by atoms with Crippen LogP contribution in [0.15, 0.2) is 26.1 Å². The second-order valence-electron chi connectivity index (χ2n) is 2.77. The Balaban J connectivity index is 2.24. The summed E-state index contributed by atoms with van der Waals surface area (Å²) in [7, 11) is 0. The first-order valence-electron chi connectivity index (χ1n) is 4.04. The minimum atomic E-state index is 0.639. The normalized spacial score (nSPS) is 10.5. The molecule has 2 rings (SSSR count). The number of halogens is 1. The van der Waals surface area contributed by atoms with Crippen LogP contribution >= 0.6 is 39.2 Å². The number of hydrogen-bond donors (Lipinski definition) is 1. The molecule has 15 heavy (non-hydrogen) atoms. The highest BCUT2D eigenvalue weighted by atomic mass is 79.9. The van der Waals surface area contributed by atoms with E-state index in [-0.39, 0.29) is 0 Å². The topological polar surface area (TPSA) is 64.7 Å². The molecule has 0 aliphatic rings. The van der Waals surface area contributed by atoms with Crippen molar-refractivity contribution in [1.29, 1.82) is 0 Å². The molecule has 0 saturated heterocycles. The number of aryl methyl sites for hydroxylation is 1. The SMILES string of the molecule is Cc1nsc(Sc2ncc(N)cc2Br)n1. The molecule has 0 bridgehead atoms. The van der Waals surface area contributed by atoms with Gasteiger partial charge in [0.25, 0.3) is 0 Å². The molecule has 0 amide bonds. The zero-order chi connectivity index (χ0) is 10.8. The van der Waals surface area contributed by atoms with Gasteiger partial charge in [-0.1, -0.05) is 0 Å². The van der Waals surface area contributed by atoms with Crippen molar-refractivity contribution < 1.29 is 0 Å². The Bertz CT molecular complexity index is 485. The molecule has 4 nitrogen and oxygen atoms in total. The van der Waals surface area contributed by atoms with E-state index < -0.39 is 0 Å². The van der Waals surface area contributed by atoms with Crippen molar-refractivity contribution in [2.24, 2.45) is 0 Å². The van der Waals surface area contributed by atoms with Crippen LogP contribution in [0.2, 0.25) is 0 Å². The maximum absolute atomic E-state index is 5.60. The zero-order valence-electron chi connectivity index (χ0n) is 7.77. The average molecular weight is 303 g/mol. The summed E-state index contributed by atoms with van der Waals surface area (Å²) in [6, 6.07) is 1.82. The first kappa shape index (κ1) is 10.8. The van der Waals surface area contributed by atoms with Gasteiger partial charge in [0.15, 0.2) is 4.34 Å². The van der Waals surface area contributed by atoms with Crippen LogP contribution < -0.4 is 5.73 Å². The standard InChI is InChI=1S/C8H7BrN4S2/c1-4-12-8(15-13-4)14-7-6(9)2-5(10)3-11-7/h2-3H,10H2,1H3. The monoisotopic (exact) mass is 302 g/mol. The predicted octanol–water partition coefficient (Wildman–Crippen LogP) is 2.74. The highest BCUT2D eigenvalue weighted by Gasteiger charge is 2.07. The summed E-state index contributed by atoms with van der Waals surface area (Å²) < 4.78 is 5.86. The van der Waals surface area contributed by atoms with Crippen molar-refractivity contribution in [2.75, 3.05) is 5.73 Å². The van der Waals surface area contributed by atoms with Crippen molar-refractivity contribution in [1.82, 2.24) is 14.3 Å². The lowest BCUT2D eigenvalue weighted by Crippen LogP contribution is -1.88. The Labute approximate surface area is 104 Å². The van der Waals surface area contributed by atoms with E-state index in [2.05, 4.69) is 30.3 Å². The van der Waals surface area contributed by atoms with Crippen LogP contribution in [0.25, 0.3) is 0 Å². The Kier molecular flexibility index (Phi) is 3.22. The van der Waals surface area contributed by atoms with E-state index in [1.54, 1.807) is 6.20 Å². The zero-order valence-corrected chi connectivity index (χ0v) is 11.0. The van der Waals surface area contributed by atoms with Gasteiger partial charge >= 0.3 is 0 Å². The molecule has 78 valence electrons. The van der Waals surface area contributed by atoms with Crippen LogP contribution in [0.1, 0.15) is 5.82 Å². The van der Waals surface area contributed by atoms with Gasteiger partial charge in [0.05, 0.1) is 16.4 Å². The third kappa shape index (κ3) is 2.67. The van der Waals surface area contributed by atoms with Crippen LogP contribution in [0.4, 0.5) is 5.69 Å². The molecule has 0 atom stereocenters. The van der Waals surface area contributed by atoms with Crippen LogP contribution in [-0.4, -0.2) is 14.3 Å². The van der Waals surface area contributed by atoms with Gasteiger partial charge in [0.1, 0.15) is 10.9 Å². The second kappa shape index (κ2) is 4.46. The number of nitrogen functional groups attached to an aromatic ring is 1. The van der Waals surface area contributed by atoms with Gasteiger partial charge in [-0.15, -0.1) is 0 Å². The fourth-order valence-electron chi connectivity index (χ4n) is 0.917. The van der Waals surface area contributed by atoms with Crippen molar-refractivity contribution >= 4 is 44.9 Å². The molecule has 0 aliphatic heterocycles. The maximum Gasteiger partial charge on any atom is 0.176 e. The van der Waals surface area contributed by atoms with E-state index in [0.717, 1.165) is 19.7 Å². The largest absolute Gasteiger partial charge is 0.397 e. The summed E-state index contributed by atoms with van der Waals surface area (Å²) in [6.45, 7) is 1.87. The molecule has 0 aliphatic carbocycles. The molecule has 2 aromatic rings. The van der Waals surface area contributed by atoms with Crippen LogP contribution in [0, 0.1) is 6.92 Å². The van der Waals surface area contributed by atoms with E-state index in [9.17, 15) is 0 Å². The number of nitrogens with zero attached hydrogens (tertiary/aromatic N) is 3. The fourth-order valence-corrected chi connectivity index (χ4v) is 3.05. The van der Waals surface area contributed by atoms with Crippen molar-refractivity contribution in [3.05, 3.63) is 22.6 Å². The van der Waals surface area contributed by atoms with Gasteiger partial charge < -0.3 is 5.73 Å².